The number of halogens is 2. The van der Waals surface area contributed by atoms with Gasteiger partial charge in [0.15, 0.2) is 4.90 Å². The summed E-state index contributed by atoms with van der Waals surface area (Å²) in [6, 6.07) is 16.1. The Hall–Kier alpha value is -3.79. The minimum atomic E-state index is -4.47. The molecule has 1 atom stereocenters. The molecule has 1 unspecified atom stereocenters. The van der Waals surface area contributed by atoms with E-state index in [1.165, 1.54) is 24.1 Å². The summed E-state index contributed by atoms with van der Waals surface area (Å²) in [6.07, 6.45) is 0.456. The summed E-state index contributed by atoms with van der Waals surface area (Å²) in [5, 5.41) is 5.88. The summed E-state index contributed by atoms with van der Waals surface area (Å²) in [4.78, 5) is 11.1. The van der Waals surface area contributed by atoms with Crippen molar-refractivity contribution in [3.05, 3.63) is 89.5 Å². The zero-order valence-electron chi connectivity index (χ0n) is 18.3. The number of sulfonamides is 1. The van der Waals surface area contributed by atoms with Gasteiger partial charge in [-0.1, -0.05) is 30.3 Å². The van der Waals surface area contributed by atoms with Gasteiger partial charge in [-0.15, -0.1) is 0 Å². The number of ether oxygens (including phenoxy) is 1. The standard InChI is InChI=1S/C24H21F2N3O4S/c1-15(30)29-23(17-8-12-19(33-2)13-9-17)14-22(27-29)16-6-10-18(11-7-16)28-34(31,32)24-20(25)4-3-5-21(24)26/h3-13,23,28H,14H2,1-2H3. The molecule has 176 valence electrons. The Labute approximate surface area is 195 Å². The van der Waals surface area contributed by atoms with Crippen LogP contribution in [0.4, 0.5) is 14.5 Å². The minimum Gasteiger partial charge on any atom is -0.497 e. The summed E-state index contributed by atoms with van der Waals surface area (Å²) in [5.41, 5.74) is 2.35. The van der Waals surface area contributed by atoms with E-state index in [0.29, 0.717) is 23.4 Å². The molecule has 0 fully saturated rings. The number of nitrogens with zero attached hydrogens (tertiary/aromatic N) is 2. The summed E-state index contributed by atoms with van der Waals surface area (Å²) in [6.45, 7) is 1.43. The molecule has 1 amide bonds. The van der Waals surface area contributed by atoms with Crippen LogP contribution >= 0.6 is 0 Å². The van der Waals surface area contributed by atoms with Crippen LogP contribution in [0.3, 0.4) is 0 Å². The van der Waals surface area contributed by atoms with Crippen LogP contribution in [0.25, 0.3) is 0 Å². The van der Waals surface area contributed by atoms with Gasteiger partial charge in [0.1, 0.15) is 17.4 Å². The zero-order chi connectivity index (χ0) is 24.5. The molecule has 0 saturated carbocycles. The van der Waals surface area contributed by atoms with Crippen molar-refractivity contribution in [1.82, 2.24) is 5.01 Å². The Morgan fingerprint density at radius 3 is 2.21 bits per heavy atom. The number of carbonyl (C=O) groups excluding carboxylic acids is 1. The number of hydrazone groups is 1. The van der Waals surface area contributed by atoms with E-state index >= 15 is 0 Å². The van der Waals surface area contributed by atoms with Crippen LogP contribution in [0.1, 0.15) is 30.5 Å². The van der Waals surface area contributed by atoms with E-state index in [1.807, 2.05) is 24.3 Å². The van der Waals surface area contributed by atoms with Gasteiger partial charge in [-0.3, -0.25) is 9.52 Å². The lowest BCUT2D eigenvalue weighted by atomic mass is 9.98. The van der Waals surface area contributed by atoms with Gasteiger partial charge in [-0.2, -0.15) is 5.10 Å². The van der Waals surface area contributed by atoms with Crippen LogP contribution in [0.2, 0.25) is 0 Å². The largest absolute Gasteiger partial charge is 0.497 e. The maximum Gasteiger partial charge on any atom is 0.267 e. The van der Waals surface area contributed by atoms with Crippen LogP contribution < -0.4 is 9.46 Å². The highest BCUT2D eigenvalue weighted by atomic mass is 32.2. The van der Waals surface area contributed by atoms with E-state index in [0.717, 1.165) is 23.8 Å². The lowest BCUT2D eigenvalue weighted by Crippen LogP contribution is -2.24. The van der Waals surface area contributed by atoms with Crippen molar-refractivity contribution in [3.63, 3.8) is 0 Å². The third-order valence-corrected chi connectivity index (χ3v) is 6.82. The number of carbonyl (C=O) groups is 1. The fraction of sp³-hybridized carbons (Fsp3) is 0.167. The first-order chi connectivity index (χ1) is 16.2. The number of anilines is 1. The highest BCUT2D eigenvalue weighted by Crippen LogP contribution is 2.34. The predicted octanol–water partition coefficient (Wildman–Crippen LogP) is 4.47. The van der Waals surface area contributed by atoms with E-state index in [9.17, 15) is 22.0 Å². The number of hydrogen-bond acceptors (Lipinski definition) is 5. The molecule has 1 N–H and O–H groups in total. The van der Waals surface area contributed by atoms with E-state index in [1.54, 1.807) is 19.2 Å². The fourth-order valence-electron chi connectivity index (χ4n) is 3.74. The molecule has 0 spiro atoms. The molecule has 10 heteroatoms. The molecule has 3 aromatic rings. The molecule has 34 heavy (non-hydrogen) atoms. The summed E-state index contributed by atoms with van der Waals surface area (Å²) in [7, 11) is -2.90. The fourth-order valence-corrected chi connectivity index (χ4v) is 4.93. The monoisotopic (exact) mass is 485 g/mol. The molecule has 0 aromatic heterocycles. The van der Waals surface area contributed by atoms with Crippen molar-refractivity contribution in [2.45, 2.75) is 24.3 Å². The Kier molecular flexibility index (Phi) is 6.34. The van der Waals surface area contributed by atoms with E-state index in [4.69, 9.17) is 4.74 Å². The van der Waals surface area contributed by atoms with Gasteiger partial charge in [0.25, 0.3) is 10.0 Å². The summed E-state index contributed by atoms with van der Waals surface area (Å²) >= 11 is 0. The number of rotatable bonds is 6. The molecule has 1 aliphatic heterocycles. The molecule has 3 aromatic carbocycles. The van der Waals surface area contributed by atoms with E-state index < -0.39 is 26.6 Å². The van der Waals surface area contributed by atoms with Crippen LogP contribution in [0.15, 0.2) is 76.7 Å². The summed E-state index contributed by atoms with van der Waals surface area (Å²) < 4.78 is 60.2. The Morgan fingerprint density at radius 1 is 1.03 bits per heavy atom. The van der Waals surface area contributed by atoms with Crippen LogP contribution in [0, 0.1) is 11.6 Å². The van der Waals surface area contributed by atoms with Crippen LogP contribution in [0.5, 0.6) is 5.75 Å². The SMILES string of the molecule is COc1ccc(C2CC(c3ccc(NS(=O)(=O)c4c(F)cccc4F)cc3)=NN2C(C)=O)cc1. The average molecular weight is 486 g/mol. The van der Waals surface area contributed by atoms with Gasteiger partial charge in [-0.25, -0.2) is 22.2 Å². The molecule has 0 radical (unpaired) electrons. The Balaban J connectivity index is 1.55. The van der Waals surface area contributed by atoms with Crippen LogP contribution in [-0.4, -0.2) is 32.2 Å². The lowest BCUT2D eigenvalue weighted by Gasteiger charge is -2.20. The third-order valence-electron chi connectivity index (χ3n) is 5.39. The molecular formula is C24H21F2N3O4S. The summed E-state index contributed by atoms with van der Waals surface area (Å²) in [5.74, 6) is -1.88. The van der Waals surface area contributed by atoms with Crippen molar-refractivity contribution in [2.75, 3.05) is 11.8 Å². The highest BCUT2D eigenvalue weighted by molar-refractivity contribution is 7.92. The maximum absolute atomic E-state index is 13.9. The van der Waals surface area contributed by atoms with Crippen molar-refractivity contribution in [1.29, 1.82) is 0 Å². The number of hydrogen-bond donors (Lipinski definition) is 1. The first-order valence-corrected chi connectivity index (χ1v) is 11.8. The average Bonchev–Trinajstić information content (AvgIpc) is 3.25. The normalized spacial score (nSPS) is 15.7. The molecule has 0 aliphatic carbocycles. The molecule has 7 nitrogen and oxygen atoms in total. The van der Waals surface area contributed by atoms with Gasteiger partial charge >= 0.3 is 0 Å². The highest BCUT2D eigenvalue weighted by Gasteiger charge is 2.31. The van der Waals surface area contributed by atoms with Gasteiger partial charge in [-0.05, 0) is 47.5 Å². The smallest absolute Gasteiger partial charge is 0.267 e. The molecule has 1 aliphatic rings. The van der Waals surface area contributed by atoms with Gasteiger partial charge in [0, 0.05) is 19.0 Å². The second-order valence-electron chi connectivity index (χ2n) is 7.64. The zero-order valence-corrected chi connectivity index (χ0v) is 19.1. The van der Waals surface area contributed by atoms with Gasteiger partial charge in [0.2, 0.25) is 5.91 Å². The van der Waals surface area contributed by atoms with Crippen molar-refractivity contribution >= 4 is 27.3 Å². The Bertz CT molecular complexity index is 1340. The lowest BCUT2D eigenvalue weighted by molar-refractivity contribution is -0.130. The number of methoxy groups -OCH3 is 1. The number of nitrogens with one attached hydrogen (secondary N) is 1. The first-order valence-electron chi connectivity index (χ1n) is 10.3. The van der Waals surface area contributed by atoms with Gasteiger partial charge < -0.3 is 4.74 Å². The molecule has 0 bridgehead atoms. The van der Waals surface area contributed by atoms with Crippen LogP contribution in [-0.2, 0) is 14.8 Å². The second-order valence-corrected chi connectivity index (χ2v) is 9.26. The predicted molar refractivity (Wildman–Crippen MR) is 123 cm³/mol. The van der Waals surface area contributed by atoms with Crippen molar-refractivity contribution in [2.24, 2.45) is 5.10 Å². The van der Waals surface area contributed by atoms with Crippen molar-refractivity contribution in [3.8, 4) is 5.75 Å². The second kappa shape index (κ2) is 9.22. The molecular weight excluding hydrogens is 464 g/mol. The molecule has 1 heterocycles. The molecule has 0 saturated heterocycles. The minimum absolute atomic E-state index is 0.125. The first kappa shape index (κ1) is 23.4. The number of benzene rings is 3. The third kappa shape index (κ3) is 4.62. The quantitative estimate of drug-likeness (QED) is 0.558. The number of amides is 1. The Morgan fingerprint density at radius 2 is 1.65 bits per heavy atom. The topological polar surface area (TPSA) is 88.1 Å². The molecule has 4 rings (SSSR count). The van der Waals surface area contributed by atoms with Crippen molar-refractivity contribution < 1.29 is 26.7 Å². The maximum atomic E-state index is 13.9. The van der Waals surface area contributed by atoms with E-state index in [-0.39, 0.29) is 17.6 Å². The van der Waals surface area contributed by atoms with E-state index in [2.05, 4.69) is 9.82 Å². The van der Waals surface area contributed by atoms with Gasteiger partial charge in [0.05, 0.1) is 18.9 Å².